The molecule has 0 saturated heterocycles. The Labute approximate surface area is 151 Å². The molecule has 1 amide bonds. The Morgan fingerprint density at radius 1 is 1.19 bits per heavy atom. The molecule has 0 unspecified atom stereocenters. The van der Waals surface area contributed by atoms with Crippen molar-refractivity contribution in [3.05, 3.63) is 58.8 Å². The van der Waals surface area contributed by atoms with Gasteiger partial charge in [0.05, 0.1) is 11.7 Å². The minimum atomic E-state index is -0.332. The molecule has 136 valence electrons. The number of fused-ring (bicyclic) bond motifs is 1. The third-order valence-electron chi connectivity index (χ3n) is 4.08. The molecule has 0 saturated carbocycles. The normalized spacial score (nSPS) is 11.7. The summed E-state index contributed by atoms with van der Waals surface area (Å²) < 4.78 is 2.83. The predicted octanol–water partition coefficient (Wildman–Crippen LogP) is 2.44. The zero-order valence-electron chi connectivity index (χ0n) is 15.3. The van der Waals surface area contributed by atoms with Crippen LogP contribution in [0.1, 0.15) is 39.2 Å². The second-order valence-corrected chi connectivity index (χ2v) is 7.26. The summed E-state index contributed by atoms with van der Waals surface area (Å²) in [7, 11) is 0. The van der Waals surface area contributed by atoms with Crippen LogP contribution in [0.25, 0.3) is 11.0 Å². The van der Waals surface area contributed by atoms with Gasteiger partial charge in [0.25, 0.3) is 5.56 Å². The summed E-state index contributed by atoms with van der Waals surface area (Å²) in [4.78, 5) is 29.0. The summed E-state index contributed by atoms with van der Waals surface area (Å²) in [6.07, 6.45) is 4.69. The molecule has 2 heterocycles. The molecule has 3 rings (SSSR count). The summed E-state index contributed by atoms with van der Waals surface area (Å²) in [5.41, 5.74) is 3.69. The number of nitrogens with one attached hydrogen (secondary N) is 1. The van der Waals surface area contributed by atoms with Crippen LogP contribution in [0.2, 0.25) is 0 Å². The van der Waals surface area contributed by atoms with Crippen LogP contribution in [0.3, 0.4) is 0 Å². The van der Waals surface area contributed by atoms with Gasteiger partial charge in [0.15, 0.2) is 5.65 Å². The highest BCUT2D eigenvalue weighted by molar-refractivity contribution is 5.84. The molecule has 1 N–H and O–H groups in total. The maximum absolute atomic E-state index is 12.6. The van der Waals surface area contributed by atoms with Crippen molar-refractivity contribution in [2.45, 2.75) is 45.6 Å². The third-order valence-corrected chi connectivity index (χ3v) is 4.08. The van der Waals surface area contributed by atoms with Gasteiger partial charge in [0.2, 0.25) is 5.91 Å². The Balaban J connectivity index is 1.68. The van der Waals surface area contributed by atoms with Gasteiger partial charge in [-0.1, -0.05) is 30.3 Å². The molecule has 3 aromatic rings. The van der Waals surface area contributed by atoms with Gasteiger partial charge < -0.3 is 0 Å². The zero-order chi connectivity index (χ0) is 18.7. The molecular weight excluding hydrogens is 330 g/mol. The van der Waals surface area contributed by atoms with Gasteiger partial charge in [-0.05, 0) is 39.2 Å². The van der Waals surface area contributed by atoms with Gasteiger partial charge in [0, 0.05) is 6.42 Å². The van der Waals surface area contributed by atoms with Crippen LogP contribution in [0.4, 0.5) is 0 Å². The fourth-order valence-electron chi connectivity index (χ4n) is 2.77. The molecule has 1 aromatic carbocycles. The number of aromatic nitrogens is 4. The van der Waals surface area contributed by atoms with E-state index in [-0.39, 0.29) is 17.0 Å². The zero-order valence-corrected chi connectivity index (χ0v) is 15.3. The summed E-state index contributed by atoms with van der Waals surface area (Å²) in [5.74, 6) is -0.215. The highest BCUT2D eigenvalue weighted by Crippen LogP contribution is 2.17. The number of benzene rings is 1. The Hall–Kier alpha value is -2.96. The molecule has 0 radical (unpaired) electrons. The molecular formula is C19H23N5O2. The lowest BCUT2D eigenvalue weighted by Gasteiger charge is -2.19. The van der Waals surface area contributed by atoms with Gasteiger partial charge in [0.1, 0.15) is 11.7 Å². The number of rotatable bonds is 5. The molecule has 0 aliphatic rings. The van der Waals surface area contributed by atoms with E-state index in [1.807, 2.05) is 51.1 Å². The van der Waals surface area contributed by atoms with E-state index in [2.05, 4.69) is 15.5 Å². The average molecular weight is 353 g/mol. The average Bonchev–Trinajstić information content (AvgIpc) is 3.03. The van der Waals surface area contributed by atoms with E-state index in [1.54, 1.807) is 4.68 Å². The van der Waals surface area contributed by atoms with Crippen molar-refractivity contribution < 1.29 is 4.79 Å². The monoisotopic (exact) mass is 353 g/mol. The van der Waals surface area contributed by atoms with Crippen molar-refractivity contribution in [2.24, 2.45) is 0 Å². The van der Waals surface area contributed by atoms with Crippen LogP contribution in [0.5, 0.6) is 0 Å². The number of amides is 1. The molecule has 0 aliphatic carbocycles. The van der Waals surface area contributed by atoms with E-state index in [0.29, 0.717) is 23.9 Å². The van der Waals surface area contributed by atoms with E-state index >= 15 is 0 Å². The topological polar surface area (TPSA) is 81.8 Å². The second-order valence-electron chi connectivity index (χ2n) is 7.26. The number of carbonyl (C=O) groups is 1. The van der Waals surface area contributed by atoms with Gasteiger partial charge in [-0.3, -0.25) is 15.0 Å². The number of aryl methyl sites for hydroxylation is 1. The van der Waals surface area contributed by atoms with Crippen molar-refractivity contribution in [1.29, 1.82) is 0 Å². The SMILES string of the molecule is CC(C)(C)n1ncc2c(=O)n(NC(=O)CCCc3ccccc3)cnc21. The van der Waals surface area contributed by atoms with Crippen molar-refractivity contribution in [3.8, 4) is 0 Å². The summed E-state index contributed by atoms with van der Waals surface area (Å²) in [6.45, 7) is 5.96. The van der Waals surface area contributed by atoms with Crippen molar-refractivity contribution >= 4 is 16.9 Å². The van der Waals surface area contributed by atoms with Crippen LogP contribution >= 0.6 is 0 Å². The summed E-state index contributed by atoms with van der Waals surface area (Å²) >= 11 is 0. The first kappa shape index (κ1) is 17.8. The smallest absolute Gasteiger partial charge is 0.273 e. The van der Waals surface area contributed by atoms with Crippen molar-refractivity contribution in [1.82, 2.24) is 19.4 Å². The van der Waals surface area contributed by atoms with Crippen LogP contribution in [-0.2, 0) is 16.8 Å². The molecule has 0 spiro atoms. The van der Waals surface area contributed by atoms with Gasteiger partial charge >= 0.3 is 0 Å². The molecule has 0 atom stereocenters. The van der Waals surface area contributed by atoms with Crippen LogP contribution in [0, 0.1) is 0 Å². The van der Waals surface area contributed by atoms with Gasteiger partial charge in [-0.15, -0.1) is 0 Å². The quantitative estimate of drug-likeness (QED) is 0.764. The largest absolute Gasteiger partial charge is 0.283 e. The molecule has 0 fully saturated rings. The van der Waals surface area contributed by atoms with Crippen molar-refractivity contribution in [3.63, 3.8) is 0 Å². The summed E-state index contributed by atoms with van der Waals surface area (Å²) in [5, 5.41) is 4.64. The number of nitrogens with zero attached hydrogens (tertiary/aromatic N) is 4. The van der Waals surface area contributed by atoms with E-state index in [1.165, 1.54) is 18.1 Å². The molecule has 7 heteroatoms. The minimum Gasteiger partial charge on any atom is -0.273 e. The fraction of sp³-hybridized carbons (Fsp3) is 0.368. The van der Waals surface area contributed by atoms with Crippen LogP contribution in [0.15, 0.2) is 47.7 Å². The lowest BCUT2D eigenvalue weighted by atomic mass is 10.1. The summed E-state index contributed by atoms with van der Waals surface area (Å²) in [6, 6.07) is 10.00. The number of hydrogen-bond donors (Lipinski definition) is 1. The number of hydrogen-bond acceptors (Lipinski definition) is 4. The van der Waals surface area contributed by atoms with E-state index in [4.69, 9.17) is 0 Å². The molecule has 0 aliphatic heterocycles. The maximum Gasteiger partial charge on any atom is 0.283 e. The first-order valence-corrected chi connectivity index (χ1v) is 8.66. The minimum absolute atomic E-state index is 0.215. The Morgan fingerprint density at radius 3 is 2.62 bits per heavy atom. The number of carbonyl (C=O) groups excluding carboxylic acids is 1. The molecule has 0 bridgehead atoms. The highest BCUT2D eigenvalue weighted by atomic mass is 16.2. The highest BCUT2D eigenvalue weighted by Gasteiger charge is 2.20. The first-order chi connectivity index (χ1) is 12.4. The Morgan fingerprint density at radius 2 is 1.92 bits per heavy atom. The molecule has 2 aromatic heterocycles. The van der Waals surface area contributed by atoms with Gasteiger partial charge in [-0.25, -0.2) is 14.3 Å². The lowest BCUT2D eigenvalue weighted by Crippen LogP contribution is -2.33. The van der Waals surface area contributed by atoms with Crippen LogP contribution < -0.4 is 11.0 Å². The van der Waals surface area contributed by atoms with E-state index in [0.717, 1.165) is 11.1 Å². The van der Waals surface area contributed by atoms with Crippen LogP contribution in [-0.4, -0.2) is 25.3 Å². The Kier molecular flexibility index (Phi) is 4.88. The fourth-order valence-corrected chi connectivity index (χ4v) is 2.77. The van der Waals surface area contributed by atoms with E-state index in [9.17, 15) is 9.59 Å². The van der Waals surface area contributed by atoms with Crippen molar-refractivity contribution in [2.75, 3.05) is 5.43 Å². The molecule has 7 nitrogen and oxygen atoms in total. The first-order valence-electron chi connectivity index (χ1n) is 8.66. The second kappa shape index (κ2) is 7.11. The molecule has 26 heavy (non-hydrogen) atoms. The predicted molar refractivity (Wildman–Crippen MR) is 101 cm³/mol. The maximum atomic E-state index is 12.6. The van der Waals surface area contributed by atoms with Gasteiger partial charge in [-0.2, -0.15) is 5.10 Å². The third kappa shape index (κ3) is 3.82. The lowest BCUT2D eigenvalue weighted by molar-refractivity contribution is -0.117. The van der Waals surface area contributed by atoms with E-state index < -0.39 is 0 Å². The standard InChI is InChI=1S/C19H23N5O2/c1-19(2,3)24-17-15(12-21-24)18(26)23(13-20-17)22-16(25)11-7-10-14-8-5-4-6-9-14/h4-6,8-9,12-13H,7,10-11H2,1-3H3,(H,22,25). The Bertz CT molecular complexity index is 967.